The van der Waals surface area contributed by atoms with E-state index in [2.05, 4.69) is 10.3 Å². The summed E-state index contributed by atoms with van der Waals surface area (Å²) in [5.74, 6) is 0.0553. The number of ether oxygens (including phenoxy) is 1. The Labute approximate surface area is 120 Å². The minimum absolute atomic E-state index is 0.140. The fraction of sp³-hybridized carbons (Fsp3) is 0.286. The van der Waals surface area contributed by atoms with Crippen LogP contribution in [-0.4, -0.2) is 28.7 Å². The molecule has 1 saturated heterocycles. The lowest BCUT2D eigenvalue weighted by Gasteiger charge is -2.07. The number of nitrogens with zero attached hydrogens (tertiary/aromatic N) is 1. The number of phenolic OH excluding ortho intramolecular Hbond substituents is 1. The van der Waals surface area contributed by atoms with Crippen molar-refractivity contribution < 1.29 is 14.6 Å². The SMILES string of the molecule is O=C(Nc1nc(-c2cccc(O)c2)cs1)C1CCCO1. The number of benzene rings is 1. The van der Waals surface area contributed by atoms with E-state index in [9.17, 15) is 9.90 Å². The lowest BCUT2D eigenvalue weighted by atomic mass is 10.2. The van der Waals surface area contributed by atoms with Gasteiger partial charge in [-0.2, -0.15) is 0 Å². The number of thiazole rings is 1. The molecule has 3 rings (SSSR count). The normalized spacial score (nSPS) is 18.1. The number of aromatic hydroxyl groups is 1. The van der Waals surface area contributed by atoms with Gasteiger partial charge in [0.1, 0.15) is 11.9 Å². The molecule has 1 amide bonds. The second kappa shape index (κ2) is 5.60. The Bertz CT molecular complexity index is 620. The lowest BCUT2D eigenvalue weighted by Crippen LogP contribution is -2.26. The van der Waals surface area contributed by atoms with E-state index >= 15 is 0 Å². The van der Waals surface area contributed by atoms with Crippen molar-refractivity contribution in [2.45, 2.75) is 18.9 Å². The molecule has 1 aromatic heterocycles. The van der Waals surface area contributed by atoms with E-state index in [0.29, 0.717) is 11.7 Å². The van der Waals surface area contributed by atoms with Crippen molar-refractivity contribution >= 4 is 22.4 Å². The molecule has 2 heterocycles. The van der Waals surface area contributed by atoms with Gasteiger partial charge in [-0.05, 0) is 25.0 Å². The Morgan fingerprint density at radius 1 is 1.50 bits per heavy atom. The van der Waals surface area contributed by atoms with Gasteiger partial charge in [-0.1, -0.05) is 12.1 Å². The number of nitrogens with one attached hydrogen (secondary N) is 1. The molecule has 0 aliphatic carbocycles. The van der Waals surface area contributed by atoms with Crippen molar-refractivity contribution in [3.8, 4) is 17.0 Å². The van der Waals surface area contributed by atoms with Crippen LogP contribution in [0.5, 0.6) is 5.75 Å². The maximum Gasteiger partial charge on any atom is 0.255 e. The summed E-state index contributed by atoms with van der Waals surface area (Å²) in [7, 11) is 0. The number of aromatic nitrogens is 1. The van der Waals surface area contributed by atoms with Crippen LogP contribution in [0.2, 0.25) is 0 Å². The fourth-order valence-electron chi connectivity index (χ4n) is 2.10. The van der Waals surface area contributed by atoms with Gasteiger partial charge in [0.25, 0.3) is 5.91 Å². The highest BCUT2D eigenvalue weighted by molar-refractivity contribution is 7.14. The second-order valence-corrected chi connectivity index (χ2v) is 5.44. The topological polar surface area (TPSA) is 71.5 Å². The van der Waals surface area contributed by atoms with Crippen LogP contribution in [0.15, 0.2) is 29.6 Å². The van der Waals surface area contributed by atoms with Crippen LogP contribution in [-0.2, 0) is 9.53 Å². The average molecular weight is 290 g/mol. The number of hydrogen-bond donors (Lipinski definition) is 2. The third-order valence-electron chi connectivity index (χ3n) is 3.10. The van der Waals surface area contributed by atoms with Crippen LogP contribution in [0.4, 0.5) is 5.13 Å². The Morgan fingerprint density at radius 2 is 2.40 bits per heavy atom. The number of hydrogen-bond acceptors (Lipinski definition) is 5. The standard InChI is InChI=1S/C14H14N2O3S/c17-10-4-1-3-9(7-10)11-8-20-14(15-11)16-13(18)12-5-2-6-19-12/h1,3-4,7-8,12,17H,2,5-6H2,(H,15,16,18). The molecule has 2 aromatic rings. The smallest absolute Gasteiger partial charge is 0.255 e. The number of phenols is 1. The van der Waals surface area contributed by atoms with Gasteiger partial charge in [-0.3, -0.25) is 10.1 Å². The summed E-state index contributed by atoms with van der Waals surface area (Å²) in [6.07, 6.45) is 1.32. The van der Waals surface area contributed by atoms with Crippen LogP contribution in [0.25, 0.3) is 11.3 Å². The average Bonchev–Trinajstić information content (AvgIpc) is 3.10. The minimum Gasteiger partial charge on any atom is -0.508 e. The lowest BCUT2D eigenvalue weighted by molar-refractivity contribution is -0.124. The molecule has 104 valence electrons. The van der Waals surface area contributed by atoms with Crippen LogP contribution in [0, 0.1) is 0 Å². The highest BCUT2D eigenvalue weighted by Crippen LogP contribution is 2.27. The van der Waals surface area contributed by atoms with Crippen LogP contribution in [0.3, 0.4) is 0 Å². The third kappa shape index (κ3) is 2.81. The second-order valence-electron chi connectivity index (χ2n) is 4.58. The first-order chi connectivity index (χ1) is 9.72. The largest absolute Gasteiger partial charge is 0.508 e. The highest BCUT2D eigenvalue weighted by atomic mass is 32.1. The van der Waals surface area contributed by atoms with Crippen molar-refractivity contribution in [1.29, 1.82) is 0 Å². The minimum atomic E-state index is -0.358. The Hall–Kier alpha value is -1.92. The quantitative estimate of drug-likeness (QED) is 0.911. The first-order valence-corrected chi connectivity index (χ1v) is 7.28. The Kier molecular flexibility index (Phi) is 3.66. The first-order valence-electron chi connectivity index (χ1n) is 6.40. The molecule has 5 nitrogen and oxygen atoms in total. The predicted octanol–water partition coefficient (Wildman–Crippen LogP) is 2.63. The number of carbonyl (C=O) groups excluding carboxylic acids is 1. The van der Waals surface area contributed by atoms with Gasteiger partial charge in [-0.15, -0.1) is 11.3 Å². The number of anilines is 1. The molecule has 6 heteroatoms. The van der Waals surface area contributed by atoms with Gasteiger partial charge < -0.3 is 9.84 Å². The zero-order chi connectivity index (χ0) is 13.9. The van der Waals surface area contributed by atoms with E-state index in [1.54, 1.807) is 18.2 Å². The molecule has 0 bridgehead atoms. The van der Waals surface area contributed by atoms with Crippen molar-refractivity contribution in [3.05, 3.63) is 29.6 Å². The molecule has 0 saturated carbocycles. The van der Waals surface area contributed by atoms with Crippen LogP contribution < -0.4 is 5.32 Å². The highest BCUT2D eigenvalue weighted by Gasteiger charge is 2.24. The van der Waals surface area contributed by atoms with Gasteiger partial charge in [0, 0.05) is 17.6 Å². The van der Waals surface area contributed by atoms with E-state index in [0.717, 1.165) is 24.1 Å². The molecular weight excluding hydrogens is 276 g/mol. The summed E-state index contributed by atoms with van der Waals surface area (Å²) in [4.78, 5) is 16.3. The van der Waals surface area contributed by atoms with E-state index < -0.39 is 0 Å². The van der Waals surface area contributed by atoms with E-state index in [4.69, 9.17) is 4.74 Å². The molecule has 1 aliphatic rings. The van der Waals surface area contributed by atoms with E-state index in [1.807, 2.05) is 11.4 Å². The number of rotatable bonds is 3. The van der Waals surface area contributed by atoms with Gasteiger partial charge in [0.15, 0.2) is 5.13 Å². The van der Waals surface area contributed by atoms with Crippen molar-refractivity contribution in [2.75, 3.05) is 11.9 Å². The summed E-state index contributed by atoms with van der Waals surface area (Å²) in [6.45, 7) is 0.643. The number of amides is 1. The van der Waals surface area contributed by atoms with Gasteiger partial charge in [0.2, 0.25) is 0 Å². The molecule has 1 unspecified atom stereocenters. The van der Waals surface area contributed by atoms with E-state index in [-0.39, 0.29) is 17.8 Å². The maximum absolute atomic E-state index is 11.9. The maximum atomic E-state index is 11.9. The molecule has 1 aromatic carbocycles. The number of carbonyl (C=O) groups is 1. The molecule has 20 heavy (non-hydrogen) atoms. The summed E-state index contributed by atoms with van der Waals surface area (Å²) >= 11 is 1.36. The van der Waals surface area contributed by atoms with Gasteiger partial charge >= 0.3 is 0 Å². The Morgan fingerprint density at radius 3 is 3.15 bits per heavy atom. The summed E-state index contributed by atoms with van der Waals surface area (Å²) in [6, 6.07) is 6.87. The van der Waals surface area contributed by atoms with E-state index in [1.165, 1.54) is 11.3 Å². The summed E-state index contributed by atoms with van der Waals surface area (Å²) < 4.78 is 5.33. The van der Waals surface area contributed by atoms with Gasteiger partial charge in [-0.25, -0.2) is 4.98 Å². The molecular formula is C14H14N2O3S. The van der Waals surface area contributed by atoms with Crippen molar-refractivity contribution in [1.82, 2.24) is 4.98 Å². The first kappa shape index (κ1) is 13.1. The monoisotopic (exact) mass is 290 g/mol. The molecule has 0 radical (unpaired) electrons. The van der Waals surface area contributed by atoms with Gasteiger partial charge in [0.05, 0.1) is 5.69 Å². The van der Waals surface area contributed by atoms with Crippen LogP contribution in [0.1, 0.15) is 12.8 Å². The summed E-state index contributed by atoms with van der Waals surface area (Å²) in [5, 5.41) is 14.6. The molecule has 0 spiro atoms. The third-order valence-corrected chi connectivity index (χ3v) is 3.86. The van der Waals surface area contributed by atoms with Crippen LogP contribution >= 0.6 is 11.3 Å². The predicted molar refractivity (Wildman–Crippen MR) is 76.8 cm³/mol. The molecule has 1 fully saturated rings. The van der Waals surface area contributed by atoms with Crippen molar-refractivity contribution in [3.63, 3.8) is 0 Å². The zero-order valence-corrected chi connectivity index (χ0v) is 11.5. The summed E-state index contributed by atoms with van der Waals surface area (Å²) in [5.41, 5.74) is 1.55. The zero-order valence-electron chi connectivity index (χ0n) is 10.7. The molecule has 2 N–H and O–H groups in total. The molecule has 1 atom stereocenters. The molecule has 1 aliphatic heterocycles. The van der Waals surface area contributed by atoms with Crippen molar-refractivity contribution in [2.24, 2.45) is 0 Å². The Balaban J connectivity index is 1.72. The fourth-order valence-corrected chi connectivity index (χ4v) is 2.82.